The minimum Gasteiger partial charge on any atom is -0.372 e. The Hall–Kier alpha value is -1.00. The van der Waals surface area contributed by atoms with Crippen molar-refractivity contribution in [3.05, 3.63) is 35.4 Å². The van der Waals surface area contributed by atoms with E-state index in [-0.39, 0.29) is 25.1 Å². The van der Waals surface area contributed by atoms with Crippen LogP contribution in [0.4, 0.5) is 8.78 Å². The third-order valence-electron chi connectivity index (χ3n) is 3.28. The maximum Gasteiger partial charge on any atom is 0.159 e. The molecule has 1 heterocycles. The molecule has 1 aromatic carbocycles. The number of hydrogen-bond donors (Lipinski definition) is 0. The van der Waals surface area contributed by atoms with Crippen molar-refractivity contribution < 1.29 is 23.1 Å². The molecule has 18 heavy (non-hydrogen) atoms. The van der Waals surface area contributed by atoms with Gasteiger partial charge >= 0.3 is 0 Å². The Labute approximate surface area is 116 Å². The van der Waals surface area contributed by atoms with Crippen LogP contribution >= 0.6 is 0 Å². The van der Waals surface area contributed by atoms with E-state index in [0.717, 1.165) is 17.0 Å². The summed E-state index contributed by atoms with van der Waals surface area (Å²) in [6.07, 6.45) is -2.96. The first-order valence-corrected chi connectivity index (χ1v) is 5.54. The summed E-state index contributed by atoms with van der Waals surface area (Å²) in [5.74, 6) is -2.10. The minimum absolute atomic E-state index is 0.00454. The molecule has 0 aliphatic carbocycles. The molecule has 1 unspecified atom stereocenters. The Balaban J connectivity index is 2.36. The van der Waals surface area contributed by atoms with Gasteiger partial charge in [-0.2, -0.15) is 0 Å². The third-order valence-corrected chi connectivity index (χ3v) is 3.28. The molecule has 1 atom stereocenters. The molecule has 0 amide bonds. The van der Waals surface area contributed by atoms with E-state index in [4.69, 9.17) is 14.3 Å². The topological polar surface area (TPSA) is 12.5 Å². The Morgan fingerprint density at radius 2 is 2.33 bits per heavy atom. The first kappa shape index (κ1) is 6.96. The van der Waals surface area contributed by atoms with Crippen molar-refractivity contribution in [3.63, 3.8) is 0 Å². The van der Waals surface area contributed by atoms with E-state index in [2.05, 4.69) is 0 Å². The van der Waals surface area contributed by atoms with E-state index >= 15 is 0 Å². The van der Waals surface area contributed by atoms with Crippen LogP contribution in [0, 0.1) is 11.6 Å². The molecule has 0 bridgehead atoms. The highest BCUT2D eigenvalue weighted by molar-refractivity contribution is 5.26. The number of hydrogen-bond acceptors (Lipinski definition) is 2. The van der Waals surface area contributed by atoms with Crippen molar-refractivity contribution in [1.29, 1.82) is 0 Å². The van der Waals surface area contributed by atoms with Crippen molar-refractivity contribution in [1.82, 2.24) is 4.90 Å². The highest BCUT2D eigenvalue weighted by atomic mass is 19.2. The van der Waals surface area contributed by atoms with Crippen LogP contribution in [0.5, 0.6) is 0 Å². The van der Waals surface area contributed by atoms with E-state index in [0.29, 0.717) is 0 Å². The van der Waals surface area contributed by atoms with Gasteiger partial charge < -0.3 is 9.64 Å². The summed E-state index contributed by atoms with van der Waals surface area (Å²) in [5, 5.41) is 0. The summed E-state index contributed by atoms with van der Waals surface area (Å²) in [4.78, 5) is 1.03. The van der Waals surface area contributed by atoms with Crippen LogP contribution < -0.4 is 0 Å². The van der Waals surface area contributed by atoms with Crippen LogP contribution in [0.3, 0.4) is 0 Å². The van der Waals surface area contributed by atoms with Gasteiger partial charge in [0.2, 0.25) is 0 Å². The normalized spacial score (nSPS) is 32.7. The van der Waals surface area contributed by atoms with E-state index in [1.165, 1.54) is 13.2 Å². The molecule has 0 spiro atoms. The number of rotatable bonds is 4. The smallest absolute Gasteiger partial charge is 0.159 e. The zero-order valence-corrected chi connectivity index (χ0v) is 9.96. The van der Waals surface area contributed by atoms with Gasteiger partial charge in [-0.1, -0.05) is 12.9 Å². The third kappa shape index (κ3) is 2.40. The van der Waals surface area contributed by atoms with Crippen molar-refractivity contribution in [2.24, 2.45) is 0 Å². The standard InChI is InChI=1S/C14H19F2NO/c1-3-7-17-8-6-14(10-17,18-2)11-4-5-12(15)13(16)9-11/h4-5,9H,3,6-8,10H2,1-2H3/i1D3,3D2,7D2. The fourth-order valence-electron chi connectivity index (χ4n) is 2.26. The van der Waals surface area contributed by atoms with Crippen molar-refractivity contribution in [2.45, 2.75) is 25.2 Å². The fourth-order valence-corrected chi connectivity index (χ4v) is 2.26. The lowest BCUT2D eigenvalue weighted by molar-refractivity contribution is -0.00608. The average Bonchev–Trinajstić information content (AvgIpc) is 2.95. The summed E-state index contributed by atoms with van der Waals surface area (Å²) >= 11 is 0. The molecule has 100 valence electrons. The minimum atomic E-state index is -3.17. The number of methoxy groups -OCH3 is 1. The van der Waals surface area contributed by atoms with Gasteiger partial charge in [-0.25, -0.2) is 8.78 Å². The molecule has 2 rings (SSSR count). The molecule has 1 fully saturated rings. The Morgan fingerprint density at radius 1 is 1.50 bits per heavy atom. The zero-order valence-electron chi connectivity index (χ0n) is 17.0. The largest absolute Gasteiger partial charge is 0.372 e. The molecule has 0 N–H and O–H groups in total. The van der Waals surface area contributed by atoms with Crippen molar-refractivity contribution in [3.8, 4) is 0 Å². The number of halogens is 2. The van der Waals surface area contributed by atoms with Crippen LogP contribution in [0.2, 0.25) is 0 Å². The van der Waals surface area contributed by atoms with Crippen molar-refractivity contribution in [2.75, 3.05) is 26.7 Å². The predicted octanol–water partition coefficient (Wildman–Crippen LogP) is 2.92. The molecule has 1 aromatic rings. The Bertz CT molecular complexity index is 653. The molecular weight excluding hydrogens is 236 g/mol. The number of ether oxygens (including phenoxy) is 1. The second kappa shape index (κ2) is 5.33. The zero-order chi connectivity index (χ0) is 19.3. The average molecular weight is 262 g/mol. The second-order valence-electron chi connectivity index (χ2n) is 4.24. The second-order valence-corrected chi connectivity index (χ2v) is 4.24. The predicted molar refractivity (Wildman–Crippen MR) is 66.4 cm³/mol. The SMILES string of the molecule is [2H]C([2H])([2H])C([2H])([2H])C([2H])([2H])N1CCC(OC)(c2ccc(F)c(F)c2)C1. The van der Waals surface area contributed by atoms with Gasteiger partial charge in [-0.15, -0.1) is 0 Å². The molecule has 1 saturated heterocycles. The summed E-state index contributed by atoms with van der Waals surface area (Å²) in [5.41, 5.74) is -0.908. The van der Waals surface area contributed by atoms with Gasteiger partial charge in [0, 0.05) is 29.8 Å². The van der Waals surface area contributed by atoms with E-state index in [1.54, 1.807) is 0 Å². The molecule has 0 aromatic heterocycles. The number of nitrogens with zero attached hydrogens (tertiary/aromatic N) is 1. The molecule has 1 aliphatic heterocycles. The van der Waals surface area contributed by atoms with E-state index in [9.17, 15) is 8.78 Å². The maximum absolute atomic E-state index is 13.6. The van der Waals surface area contributed by atoms with Crippen LogP contribution in [0.1, 0.15) is 34.8 Å². The lowest BCUT2D eigenvalue weighted by atomic mass is 9.92. The molecular formula is C14H19F2NO. The summed E-state index contributed by atoms with van der Waals surface area (Å²) in [6.45, 7) is -6.18. The monoisotopic (exact) mass is 262 g/mol. The molecule has 4 heteroatoms. The maximum atomic E-state index is 13.6. The first-order valence-electron chi connectivity index (χ1n) is 9.04. The van der Waals surface area contributed by atoms with Gasteiger partial charge in [-0.3, -0.25) is 0 Å². The van der Waals surface area contributed by atoms with Gasteiger partial charge in [0.05, 0.1) is 0 Å². The summed E-state index contributed by atoms with van der Waals surface area (Å²) < 4.78 is 85.6. The molecule has 1 aliphatic rings. The first-order chi connectivity index (χ1) is 11.3. The lowest BCUT2D eigenvalue weighted by Crippen LogP contribution is -2.33. The lowest BCUT2D eigenvalue weighted by Gasteiger charge is -2.28. The Kier molecular flexibility index (Phi) is 2.06. The van der Waals surface area contributed by atoms with Gasteiger partial charge in [0.15, 0.2) is 11.6 Å². The number of likely N-dealkylation sites (tertiary alicyclic amines) is 1. The fraction of sp³-hybridized carbons (Fsp3) is 0.571. The van der Waals surface area contributed by atoms with E-state index in [1.807, 2.05) is 0 Å². The molecule has 0 radical (unpaired) electrons. The van der Waals surface area contributed by atoms with Crippen LogP contribution in [0.25, 0.3) is 0 Å². The Morgan fingerprint density at radius 3 is 3.00 bits per heavy atom. The van der Waals surface area contributed by atoms with Crippen LogP contribution in [-0.2, 0) is 10.3 Å². The van der Waals surface area contributed by atoms with Gasteiger partial charge in [0.25, 0.3) is 0 Å². The van der Waals surface area contributed by atoms with Gasteiger partial charge in [-0.05, 0) is 37.0 Å². The molecule has 2 nitrogen and oxygen atoms in total. The highest BCUT2D eigenvalue weighted by Crippen LogP contribution is 2.35. The quantitative estimate of drug-likeness (QED) is 0.827. The van der Waals surface area contributed by atoms with Crippen LogP contribution in [0.15, 0.2) is 18.2 Å². The van der Waals surface area contributed by atoms with Gasteiger partial charge in [0.1, 0.15) is 5.60 Å². The molecule has 0 saturated carbocycles. The summed E-state index contributed by atoms with van der Waals surface area (Å²) in [7, 11) is 1.33. The van der Waals surface area contributed by atoms with Crippen molar-refractivity contribution >= 4 is 0 Å². The summed E-state index contributed by atoms with van der Waals surface area (Å²) in [6, 6.07) is 3.21. The van der Waals surface area contributed by atoms with E-state index < -0.39 is 37.0 Å². The van der Waals surface area contributed by atoms with Crippen LogP contribution in [-0.4, -0.2) is 31.6 Å². The highest BCUT2D eigenvalue weighted by Gasteiger charge is 2.39. The number of benzene rings is 1.